The molecule has 9 heteroatoms. The van der Waals surface area contributed by atoms with Gasteiger partial charge in [0.2, 0.25) is 17.7 Å². The van der Waals surface area contributed by atoms with E-state index in [4.69, 9.17) is 9.47 Å². The number of amides is 1. The molecule has 2 atom stereocenters. The number of hydrogen-bond donors (Lipinski definition) is 1. The third-order valence-corrected chi connectivity index (χ3v) is 5.03. The molecule has 3 rings (SSSR count). The molecule has 0 saturated carbocycles. The van der Waals surface area contributed by atoms with Crippen LogP contribution in [0.2, 0.25) is 0 Å². The Balaban J connectivity index is 1.81. The summed E-state index contributed by atoms with van der Waals surface area (Å²) in [6, 6.07) is 1.64. The standard InChI is InChI=1S/C18H26N6O3/c1-12-14(11-21-23(12)2)17-13(9-16(25)24(17)7-8-26-3)10-20-18-19-6-5-15(22-18)27-4/h5-6,11,13,17H,7-10H2,1-4H3,(H,19,20,22)/t13-,17+/m0/s1. The second-order valence-electron chi connectivity index (χ2n) is 6.60. The van der Waals surface area contributed by atoms with Gasteiger partial charge in [0, 0.05) is 63.1 Å². The molecule has 2 aromatic heterocycles. The van der Waals surface area contributed by atoms with E-state index in [1.54, 1.807) is 26.5 Å². The van der Waals surface area contributed by atoms with Crippen molar-refractivity contribution in [2.45, 2.75) is 19.4 Å². The smallest absolute Gasteiger partial charge is 0.225 e. The quantitative estimate of drug-likeness (QED) is 0.741. The zero-order valence-electron chi connectivity index (χ0n) is 16.2. The van der Waals surface area contributed by atoms with Gasteiger partial charge in [0.15, 0.2) is 0 Å². The largest absolute Gasteiger partial charge is 0.481 e. The van der Waals surface area contributed by atoms with Crippen LogP contribution in [-0.2, 0) is 16.6 Å². The first-order valence-corrected chi connectivity index (χ1v) is 8.93. The molecule has 1 fully saturated rings. The van der Waals surface area contributed by atoms with E-state index in [1.165, 1.54) is 0 Å². The van der Waals surface area contributed by atoms with Gasteiger partial charge in [0.1, 0.15) is 0 Å². The van der Waals surface area contributed by atoms with Crippen LogP contribution in [0.3, 0.4) is 0 Å². The van der Waals surface area contributed by atoms with Crippen LogP contribution in [0.4, 0.5) is 5.95 Å². The van der Waals surface area contributed by atoms with Crippen molar-refractivity contribution >= 4 is 11.9 Å². The first-order chi connectivity index (χ1) is 13.0. The van der Waals surface area contributed by atoms with Gasteiger partial charge in [-0.3, -0.25) is 9.48 Å². The topological polar surface area (TPSA) is 94.4 Å². The second kappa shape index (κ2) is 8.34. The second-order valence-corrected chi connectivity index (χ2v) is 6.60. The molecule has 27 heavy (non-hydrogen) atoms. The van der Waals surface area contributed by atoms with Gasteiger partial charge in [0.25, 0.3) is 0 Å². The Morgan fingerprint density at radius 1 is 1.37 bits per heavy atom. The monoisotopic (exact) mass is 374 g/mol. The molecule has 1 aliphatic rings. The first kappa shape index (κ1) is 19.1. The number of ether oxygens (including phenoxy) is 2. The van der Waals surface area contributed by atoms with Crippen LogP contribution in [0, 0.1) is 12.8 Å². The number of nitrogens with zero attached hydrogens (tertiary/aromatic N) is 5. The zero-order valence-corrected chi connectivity index (χ0v) is 16.2. The molecule has 1 amide bonds. The highest BCUT2D eigenvalue weighted by Crippen LogP contribution is 2.39. The summed E-state index contributed by atoms with van der Waals surface area (Å²) in [6.07, 6.45) is 3.95. The molecule has 0 radical (unpaired) electrons. The van der Waals surface area contributed by atoms with E-state index in [-0.39, 0.29) is 17.9 Å². The Bertz CT molecular complexity index is 793. The number of carbonyl (C=O) groups excluding carboxylic acids is 1. The SMILES string of the molecule is COCCN1C(=O)C[C@@H](CNc2nccc(OC)n2)[C@@H]1c1cnn(C)c1C. The highest BCUT2D eigenvalue weighted by atomic mass is 16.5. The molecule has 146 valence electrons. The molecule has 1 N–H and O–H groups in total. The van der Waals surface area contributed by atoms with Gasteiger partial charge in [-0.2, -0.15) is 10.1 Å². The van der Waals surface area contributed by atoms with Gasteiger partial charge in [-0.1, -0.05) is 0 Å². The van der Waals surface area contributed by atoms with Crippen LogP contribution >= 0.6 is 0 Å². The highest BCUT2D eigenvalue weighted by Gasteiger charge is 2.41. The number of methoxy groups -OCH3 is 2. The maximum absolute atomic E-state index is 12.7. The summed E-state index contributed by atoms with van der Waals surface area (Å²) >= 11 is 0. The Hall–Kier alpha value is -2.68. The third-order valence-electron chi connectivity index (χ3n) is 5.03. The lowest BCUT2D eigenvalue weighted by Crippen LogP contribution is -2.33. The van der Waals surface area contributed by atoms with Crippen molar-refractivity contribution in [1.82, 2.24) is 24.6 Å². The molecule has 0 unspecified atom stereocenters. The molecule has 2 aromatic rings. The summed E-state index contributed by atoms with van der Waals surface area (Å²) in [5.74, 6) is 1.18. The van der Waals surface area contributed by atoms with E-state index in [9.17, 15) is 4.79 Å². The van der Waals surface area contributed by atoms with Gasteiger partial charge in [-0.25, -0.2) is 4.98 Å². The average molecular weight is 374 g/mol. The van der Waals surface area contributed by atoms with Crippen molar-refractivity contribution in [2.75, 3.05) is 39.2 Å². The Kier molecular flexibility index (Phi) is 5.90. The molecule has 0 aliphatic carbocycles. The molecule has 0 aromatic carbocycles. The summed E-state index contributed by atoms with van der Waals surface area (Å²) in [7, 11) is 5.12. The molecule has 1 saturated heterocycles. The zero-order chi connectivity index (χ0) is 19.4. The van der Waals surface area contributed by atoms with Crippen molar-refractivity contribution in [3.63, 3.8) is 0 Å². The average Bonchev–Trinajstić information content (AvgIpc) is 3.17. The van der Waals surface area contributed by atoms with Crippen LogP contribution in [-0.4, -0.2) is 64.5 Å². The number of rotatable bonds is 8. The lowest BCUT2D eigenvalue weighted by molar-refractivity contribution is -0.129. The fourth-order valence-electron chi connectivity index (χ4n) is 3.49. The van der Waals surface area contributed by atoms with Crippen molar-refractivity contribution in [3.05, 3.63) is 29.7 Å². The minimum Gasteiger partial charge on any atom is -0.481 e. The van der Waals surface area contributed by atoms with Crippen molar-refractivity contribution < 1.29 is 14.3 Å². The van der Waals surface area contributed by atoms with Gasteiger partial charge in [0.05, 0.1) is 26.0 Å². The van der Waals surface area contributed by atoms with Gasteiger partial charge < -0.3 is 19.7 Å². The normalized spacial score (nSPS) is 19.6. The molecule has 9 nitrogen and oxygen atoms in total. The van der Waals surface area contributed by atoms with Gasteiger partial charge in [-0.15, -0.1) is 0 Å². The highest BCUT2D eigenvalue weighted by molar-refractivity contribution is 5.80. The van der Waals surface area contributed by atoms with Crippen LogP contribution < -0.4 is 10.1 Å². The summed E-state index contributed by atoms with van der Waals surface area (Å²) in [5, 5.41) is 7.61. The van der Waals surface area contributed by atoms with Crippen LogP contribution in [0.15, 0.2) is 18.5 Å². The van der Waals surface area contributed by atoms with Crippen molar-refractivity contribution in [1.29, 1.82) is 0 Å². The maximum atomic E-state index is 12.7. The fourth-order valence-corrected chi connectivity index (χ4v) is 3.49. The van der Waals surface area contributed by atoms with Crippen LogP contribution in [0.5, 0.6) is 5.88 Å². The summed E-state index contributed by atoms with van der Waals surface area (Å²) < 4.78 is 12.2. The van der Waals surface area contributed by atoms with E-state index in [2.05, 4.69) is 20.4 Å². The number of hydrogen-bond acceptors (Lipinski definition) is 7. The van der Waals surface area contributed by atoms with E-state index in [0.717, 1.165) is 11.3 Å². The summed E-state index contributed by atoms with van der Waals surface area (Å²) in [5.41, 5.74) is 2.12. The summed E-state index contributed by atoms with van der Waals surface area (Å²) in [6.45, 7) is 3.65. The summed E-state index contributed by atoms with van der Waals surface area (Å²) in [4.78, 5) is 23.1. The Labute approximate surface area is 158 Å². The molecule has 1 aliphatic heterocycles. The number of aromatic nitrogens is 4. The molecular weight excluding hydrogens is 348 g/mol. The predicted octanol–water partition coefficient (Wildman–Crippen LogP) is 1.18. The van der Waals surface area contributed by atoms with Crippen molar-refractivity contribution in [2.24, 2.45) is 13.0 Å². The van der Waals surface area contributed by atoms with E-state index in [1.807, 2.05) is 29.7 Å². The first-order valence-electron chi connectivity index (χ1n) is 8.93. The van der Waals surface area contributed by atoms with E-state index < -0.39 is 0 Å². The van der Waals surface area contributed by atoms with E-state index in [0.29, 0.717) is 37.9 Å². The number of carbonyl (C=O) groups is 1. The van der Waals surface area contributed by atoms with Crippen molar-refractivity contribution in [3.8, 4) is 5.88 Å². The lowest BCUT2D eigenvalue weighted by atomic mass is 9.94. The maximum Gasteiger partial charge on any atom is 0.225 e. The molecule has 3 heterocycles. The molecule has 0 spiro atoms. The number of aryl methyl sites for hydroxylation is 1. The van der Waals surface area contributed by atoms with Gasteiger partial charge in [-0.05, 0) is 6.92 Å². The Morgan fingerprint density at radius 2 is 2.19 bits per heavy atom. The lowest BCUT2D eigenvalue weighted by Gasteiger charge is -2.28. The van der Waals surface area contributed by atoms with Crippen LogP contribution in [0.1, 0.15) is 23.7 Å². The minimum atomic E-state index is -0.0561. The molecule has 0 bridgehead atoms. The number of anilines is 1. The minimum absolute atomic E-state index is 0.0561. The van der Waals surface area contributed by atoms with E-state index >= 15 is 0 Å². The fraction of sp³-hybridized carbons (Fsp3) is 0.556. The predicted molar refractivity (Wildman–Crippen MR) is 99.5 cm³/mol. The Morgan fingerprint density at radius 3 is 2.85 bits per heavy atom. The van der Waals surface area contributed by atoms with Crippen LogP contribution in [0.25, 0.3) is 0 Å². The number of nitrogens with one attached hydrogen (secondary N) is 1. The third kappa shape index (κ3) is 4.02. The number of likely N-dealkylation sites (tertiary alicyclic amines) is 1. The van der Waals surface area contributed by atoms with Gasteiger partial charge >= 0.3 is 0 Å². The molecular formula is C18H26N6O3.